The summed E-state index contributed by atoms with van der Waals surface area (Å²) in [5.74, 6) is 0. The van der Waals surface area contributed by atoms with Crippen molar-refractivity contribution in [2.75, 3.05) is 5.32 Å². The predicted octanol–water partition coefficient (Wildman–Crippen LogP) is 3.75. The van der Waals surface area contributed by atoms with E-state index in [0.717, 1.165) is 17.1 Å². The Balaban J connectivity index is 1.96. The third-order valence-electron chi connectivity index (χ3n) is 3.17. The highest BCUT2D eigenvalue weighted by molar-refractivity contribution is 6.30. The highest BCUT2D eigenvalue weighted by Crippen LogP contribution is 2.37. The first kappa shape index (κ1) is 10.6. The molecule has 2 aromatic rings. The van der Waals surface area contributed by atoms with Gasteiger partial charge in [-0.05, 0) is 42.3 Å². The van der Waals surface area contributed by atoms with E-state index in [1.165, 1.54) is 16.8 Å². The Hall–Kier alpha value is -1.54. The van der Waals surface area contributed by atoms with Gasteiger partial charge in [0, 0.05) is 23.3 Å². The number of aromatic nitrogens is 1. The smallest absolute Gasteiger partial charge is 0.0726 e. The number of aryl methyl sites for hydroxylation is 1. The molecule has 0 saturated heterocycles. The van der Waals surface area contributed by atoms with E-state index >= 15 is 0 Å². The maximum atomic E-state index is 6.08. The van der Waals surface area contributed by atoms with Crippen LogP contribution in [0.4, 0.5) is 5.69 Å². The largest absolute Gasteiger partial charge is 0.376 e. The van der Waals surface area contributed by atoms with Crippen LogP contribution in [0.15, 0.2) is 36.5 Å². The molecule has 1 aromatic carbocycles. The van der Waals surface area contributed by atoms with E-state index in [-0.39, 0.29) is 6.04 Å². The second-order valence-electron chi connectivity index (χ2n) is 4.41. The number of fused-ring (bicyclic) bond motifs is 1. The summed E-state index contributed by atoms with van der Waals surface area (Å²) < 4.78 is 0. The molecule has 1 aliphatic heterocycles. The van der Waals surface area contributed by atoms with Crippen LogP contribution in [0.25, 0.3) is 0 Å². The van der Waals surface area contributed by atoms with Gasteiger partial charge in [0.25, 0.3) is 0 Å². The molecule has 0 aliphatic carbocycles. The molecule has 1 unspecified atom stereocenters. The van der Waals surface area contributed by atoms with Crippen molar-refractivity contribution in [3.05, 3.63) is 58.4 Å². The SMILES string of the molecule is Cc1cc(Cl)cc2c1NC(c1ccccn1)C2. The summed E-state index contributed by atoms with van der Waals surface area (Å²) in [5, 5.41) is 4.34. The molecular formula is C14H13ClN2. The van der Waals surface area contributed by atoms with E-state index in [9.17, 15) is 0 Å². The zero-order valence-corrected chi connectivity index (χ0v) is 10.3. The summed E-state index contributed by atoms with van der Waals surface area (Å²) in [6.45, 7) is 2.08. The van der Waals surface area contributed by atoms with Crippen molar-refractivity contribution in [1.29, 1.82) is 0 Å². The first-order valence-electron chi connectivity index (χ1n) is 5.70. The van der Waals surface area contributed by atoms with Gasteiger partial charge in [0.15, 0.2) is 0 Å². The number of hydrogen-bond acceptors (Lipinski definition) is 2. The fourth-order valence-electron chi connectivity index (χ4n) is 2.39. The van der Waals surface area contributed by atoms with Gasteiger partial charge < -0.3 is 5.32 Å². The zero-order chi connectivity index (χ0) is 11.8. The van der Waals surface area contributed by atoms with Crippen molar-refractivity contribution >= 4 is 17.3 Å². The molecule has 0 saturated carbocycles. The Labute approximate surface area is 106 Å². The Morgan fingerprint density at radius 2 is 2.24 bits per heavy atom. The fraction of sp³-hybridized carbons (Fsp3) is 0.214. The number of halogens is 1. The van der Waals surface area contributed by atoms with Crippen LogP contribution in [0.5, 0.6) is 0 Å². The van der Waals surface area contributed by atoms with E-state index in [4.69, 9.17) is 11.6 Å². The third kappa shape index (κ3) is 1.89. The molecular weight excluding hydrogens is 232 g/mol. The molecule has 0 spiro atoms. The molecule has 3 heteroatoms. The van der Waals surface area contributed by atoms with Gasteiger partial charge in [0.1, 0.15) is 0 Å². The Kier molecular flexibility index (Phi) is 2.52. The fourth-order valence-corrected chi connectivity index (χ4v) is 2.68. The molecule has 17 heavy (non-hydrogen) atoms. The van der Waals surface area contributed by atoms with E-state index in [1.54, 1.807) is 0 Å². The van der Waals surface area contributed by atoms with Crippen LogP contribution < -0.4 is 5.32 Å². The highest BCUT2D eigenvalue weighted by atomic mass is 35.5. The first-order chi connectivity index (χ1) is 8.24. The summed E-state index contributed by atoms with van der Waals surface area (Å²) in [4.78, 5) is 4.40. The van der Waals surface area contributed by atoms with Crippen molar-refractivity contribution in [3.63, 3.8) is 0 Å². The van der Waals surface area contributed by atoms with Gasteiger partial charge in [-0.2, -0.15) is 0 Å². The van der Waals surface area contributed by atoms with Gasteiger partial charge >= 0.3 is 0 Å². The lowest BCUT2D eigenvalue weighted by molar-refractivity contribution is 0.788. The van der Waals surface area contributed by atoms with Gasteiger partial charge in [-0.15, -0.1) is 0 Å². The van der Waals surface area contributed by atoms with Crippen LogP contribution in [-0.2, 0) is 6.42 Å². The maximum absolute atomic E-state index is 6.08. The van der Waals surface area contributed by atoms with Crippen molar-refractivity contribution in [3.8, 4) is 0 Å². The summed E-state index contributed by atoms with van der Waals surface area (Å²) in [5.41, 5.74) is 4.78. The van der Waals surface area contributed by atoms with Gasteiger partial charge in [0.2, 0.25) is 0 Å². The minimum Gasteiger partial charge on any atom is -0.376 e. The van der Waals surface area contributed by atoms with Gasteiger partial charge in [-0.3, -0.25) is 4.98 Å². The van der Waals surface area contributed by atoms with Gasteiger partial charge in [0.05, 0.1) is 11.7 Å². The van der Waals surface area contributed by atoms with Gasteiger partial charge in [-0.1, -0.05) is 17.7 Å². The number of rotatable bonds is 1. The molecule has 3 rings (SSSR count). The summed E-state index contributed by atoms with van der Waals surface area (Å²) in [6, 6.07) is 10.3. The molecule has 0 amide bonds. The molecule has 1 N–H and O–H groups in total. The van der Waals surface area contributed by atoms with Gasteiger partial charge in [-0.25, -0.2) is 0 Å². The predicted molar refractivity (Wildman–Crippen MR) is 70.5 cm³/mol. The number of benzene rings is 1. The van der Waals surface area contributed by atoms with E-state index < -0.39 is 0 Å². The summed E-state index contributed by atoms with van der Waals surface area (Å²) >= 11 is 6.08. The number of hydrogen-bond donors (Lipinski definition) is 1. The second-order valence-corrected chi connectivity index (χ2v) is 4.85. The zero-order valence-electron chi connectivity index (χ0n) is 9.57. The Morgan fingerprint density at radius 3 is 3.00 bits per heavy atom. The Morgan fingerprint density at radius 1 is 1.35 bits per heavy atom. The first-order valence-corrected chi connectivity index (χ1v) is 6.08. The van der Waals surface area contributed by atoms with Crippen molar-refractivity contribution < 1.29 is 0 Å². The average Bonchev–Trinajstić information content (AvgIpc) is 2.74. The van der Waals surface area contributed by atoms with Crippen LogP contribution >= 0.6 is 11.6 Å². The average molecular weight is 245 g/mol. The van der Waals surface area contributed by atoms with Crippen LogP contribution in [0.2, 0.25) is 5.02 Å². The molecule has 1 aliphatic rings. The van der Waals surface area contributed by atoms with Crippen molar-refractivity contribution in [2.45, 2.75) is 19.4 Å². The molecule has 1 aromatic heterocycles. The standard InChI is InChI=1S/C14H13ClN2/c1-9-6-11(15)7-10-8-13(17-14(9)10)12-4-2-3-5-16-12/h2-7,13,17H,8H2,1H3. The Bertz CT molecular complexity index is 552. The lowest BCUT2D eigenvalue weighted by atomic mass is 10.1. The molecule has 2 heterocycles. The lowest BCUT2D eigenvalue weighted by Crippen LogP contribution is -2.07. The normalized spacial score (nSPS) is 17.6. The van der Waals surface area contributed by atoms with Crippen LogP contribution in [0, 0.1) is 6.92 Å². The third-order valence-corrected chi connectivity index (χ3v) is 3.39. The molecule has 0 bridgehead atoms. The quantitative estimate of drug-likeness (QED) is 0.826. The minimum atomic E-state index is 0.267. The number of pyridine rings is 1. The molecule has 0 fully saturated rings. The van der Waals surface area contributed by atoms with E-state index in [1.807, 2.05) is 30.5 Å². The molecule has 1 atom stereocenters. The van der Waals surface area contributed by atoms with Crippen molar-refractivity contribution in [1.82, 2.24) is 4.98 Å². The number of nitrogens with zero attached hydrogens (tertiary/aromatic N) is 1. The number of anilines is 1. The van der Waals surface area contributed by atoms with Crippen molar-refractivity contribution in [2.24, 2.45) is 0 Å². The monoisotopic (exact) mass is 244 g/mol. The maximum Gasteiger partial charge on any atom is 0.0726 e. The minimum absolute atomic E-state index is 0.267. The van der Waals surface area contributed by atoms with E-state index in [0.29, 0.717) is 0 Å². The van der Waals surface area contributed by atoms with Crippen LogP contribution in [0.1, 0.15) is 22.9 Å². The molecule has 86 valence electrons. The van der Waals surface area contributed by atoms with Crippen LogP contribution in [-0.4, -0.2) is 4.98 Å². The number of nitrogens with one attached hydrogen (secondary N) is 1. The molecule has 0 radical (unpaired) electrons. The lowest BCUT2D eigenvalue weighted by Gasteiger charge is -2.10. The van der Waals surface area contributed by atoms with E-state index in [2.05, 4.69) is 23.3 Å². The second kappa shape index (κ2) is 4.04. The topological polar surface area (TPSA) is 24.9 Å². The van der Waals surface area contributed by atoms with Crippen LogP contribution in [0.3, 0.4) is 0 Å². The highest BCUT2D eigenvalue weighted by Gasteiger charge is 2.24. The molecule has 2 nitrogen and oxygen atoms in total. The summed E-state index contributed by atoms with van der Waals surface area (Å²) in [7, 11) is 0. The summed E-state index contributed by atoms with van der Waals surface area (Å²) in [6.07, 6.45) is 2.79.